The van der Waals surface area contributed by atoms with E-state index in [1.165, 1.54) is 12.0 Å². The number of rotatable bonds is 8. The summed E-state index contributed by atoms with van der Waals surface area (Å²) in [5.74, 6) is 1.75. The largest absolute Gasteiger partial charge is 0.493 e. The molecule has 18 heavy (non-hydrogen) atoms. The Labute approximate surface area is 119 Å². The zero-order valence-corrected chi connectivity index (χ0v) is 13.2. The molecule has 0 spiro atoms. The van der Waals surface area contributed by atoms with Crippen molar-refractivity contribution in [3.63, 3.8) is 0 Å². The molecular weight excluding hydrogens is 290 g/mol. The highest BCUT2D eigenvalue weighted by Gasteiger charge is 2.04. The first kappa shape index (κ1) is 15.5. The summed E-state index contributed by atoms with van der Waals surface area (Å²) >= 11 is 3.51. The van der Waals surface area contributed by atoms with Crippen LogP contribution in [0.2, 0.25) is 0 Å². The van der Waals surface area contributed by atoms with Crippen molar-refractivity contribution in [1.82, 2.24) is 5.32 Å². The molecule has 102 valence electrons. The zero-order valence-electron chi connectivity index (χ0n) is 11.6. The van der Waals surface area contributed by atoms with E-state index in [0.717, 1.165) is 42.3 Å². The number of nitrogens with one attached hydrogen (secondary N) is 1. The van der Waals surface area contributed by atoms with Crippen LogP contribution in [-0.2, 0) is 6.54 Å². The summed E-state index contributed by atoms with van der Waals surface area (Å²) in [6.45, 7) is 9.24. The van der Waals surface area contributed by atoms with Crippen LogP contribution in [0.4, 0.5) is 0 Å². The third kappa shape index (κ3) is 5.87. The predicted molar refractivity (Wildman–Crippen MR) is 81.1 cm³/mol. The molecule has 0 saturated carbocycles. The third-order valence-corrected chi connectivity index (χ3v) is 3.26. The standard InChI is InChI=1S/C15H24BrNO/c1-4-17-11-13-10-14(16)7-8-15(13)18-9-5-6-12(2)3/h7-8,10,12,17H,4-6,9,11H2,1-3H3. The second-order valence-electron chi connectivity index (χ2n) is 4.92. The average molecular weight is 314 g/mol. The van der Waals surface area contributed by atoms with Gasteiger partial charge in [0.25, 0.3) is 0 Å². The van der Waals surface area contributed by atoms with Crippen LogP contribution < -0.4 is 10.1 Å². The lowest BCUT2D eigenvalue weighted by atomic mass is 10.1. The molecule has 1 rings (SSSR count). The molecule has 0 unspecified atom stereocenters. The van der Waals surface area contributed by atoms with Crippen molar-refractivity contribution in [2.45, 2.75) is 40.2 Å². The highest BCUT2D eigenvalue weighted by atomic mass is 79.9. The number of hydrogen-bond donors (Lipinski definition) is 1. The van der Waals surface area contributed by atoms with Crippen molar-refractivity contribution in [2.75, 3.05) is 13.2 Å². The molecule has 0 aliphatic carbocycles. The van der Waals surface area contributed by atoms with Gasteiger partial charge in [0.15, 0.2) is 0 Å². The molecule has 0 heterocycles. The quantitative estimate of drug-likeness (QED) is 0.719. The van der Waals surface area contributed by atoms with Crippen LogP contribution in [0.15, 0.2) is 22.7 Å². The maximum atomic E-state index is 5.88. The molecule has 0 aliphatic heterocycles. The molecular formula is C15H24BrNO. The second kappa shape index (κ2) is 8.54. The van der Waals surface area contributed by atoms with E-state index in [4.69, 9.17) is 4.74 Å². The Morgan fingerprint density at radius 1 is 1.33 bits per heavy atom. The summed E-state index contributed by atoms with van der Waals surface area (Å²) in [6.07, 6.45) is 2.34. The smallest absolute Gasteiger partial charge is 0.123 e. The van der Waals surface area contributed by atoms with E-state index >= 15 is 0 Å². The van der Waals surface area contributed by atoms with Crippen molar-refractivity contribution < 1.29 is 4.74 Å². The molecule has 0 aliphatic rings. The highest BCUT2D eigenvalue weighted by Crippen LogP contribution is 2.23. The van der Waals surface area contributed by atoms with Gasteiger partial charge < -0.3 is 10.1 Å². The molecule has 0 atom stereocenters. The molecule has 0 bridgehead atoms. The summed E-state index contributed by atoms with van der Waals surface area (Å²) in [6, 6.07) is 6.21. The van der Waals surface area contributed by atoms with Gasteiger partial charge in [-0.25, -0.2) is 0 Å². The van der Waals surface area contributed by atoms with Gasteiger partial charge in [-0.05, 0) is 43.5 Å². The van der Waals surface area contributed by atoms with Crippen molar-refractivity contribution in [3.05, 3.63) is 28.2 Å². The fourth-order valence-corrected chi connectivity index (χ4v) is 2.17. The molecule has 2 nitrogen and oxygen atoms in total. The lowest BCUT2D eigenvalue weighted by Gasteiger charge is -2.13. The summed E-state index contributed by atoms with van der Waals surface area (Å²) in [5, 5.41) is 3.34. The minimum atomic E-state index is 0.750. The van der Waals surface area contributed by atoms with E-state index in [9.17, 15) is 0 Å². The van der Waals surface area contributed by atoms with Gasteiger partial charge >= 0.3 is 0 Å². The molecule has 0 aromatic heterocycles. The molecule has 0 saturated heterocycles. The number of ether oxygens (including phenoxy) is 1. The normalized spacial score (nSPS) is 10.9. The molecule has 1 aromatic carbocycles. The van der Waals surface area contributed by atoms with Gasteiger partial charge in [0, 0.05) is 16.6 Å². The first-order chi connectivity index (χ1) is 8.63. The van der Waals surface area contributed by atoms with Crippen LogP contribution in [0.3, 0.4) is 0 Å². The van der Waals surface area contributed by atoms with Crippen molar-refractivity contribution >= 4 is 15.9 Å². The van der Waals surface area contributed by atoms with Gasteiger partial charge in [-0.1, -0.05) is 36.7 Å². The Bertz CT molecular complexity index is 352. The first-order valence-electron chi connectivity index (χ1n) is 6.75. The fraction of sp³-hybridized carbons (Fsp3) is 0.600. The first-order valence-corrected chi connectivity index (χ1v) is 7.54. The SMILES string of the molecule is CCNCc1cc(Br)ccc1OCCCC(C)C. The maximum absolute atomic E-state index is 5.88. The van der Waals surface area contributed by atoms with Gasteiger partial charge in [-0.3, -0.25) is 0 Å². The van der Waals surface area contributed by atoms with Crippen molar-refractivity contribution in [1.29, 1.82) is 0 Å². The van der Waals surface area contributed by atoms with Crippen LogP contribution in [-0.4, -0.2) is 13.2 Å². The number of hydrogen-bond acceptors (Lipinski definition) is 2. The predicted octanol–water partition coefficient (Wildman–Crippen LogP) is 4.37. The van der Waals surface area contributed by atoms with Crippen LogP contribution in [0.5, 0.6) is 5.75 Å². The third-order valence-electron chi connectivity index (χ3n) is 2.77. The van der Waals surface area contributed by atoms with Crippen molar-refractivity contribution in [2.24, 2.45) is 5.92 Å². The summed E-state index contributed by atoms with van der Waals surface area (Å²) in [5.41, 5.74) is 1.22. The lowest BCUT2D eigenvalue weighted by molar-refractivity contribution is 0.294. The molecule has 1 N–H and O–H groups in total. The number of halogens is 1. The van der Waals surface area contributed by atoms with Crippen LogP contribution in [0.25, 0.3) is 0 Å². The minimum Gasteiger partial charge on any atom is -0.493 e. The van der Waals surface area contributed by atoms with E-state index in [1.807, 2.05) is 12.1 Å². The van der Waals surface area contributed by atoms with Gasteiger partial charge in [-0.2, -0.15) is 0 Å². The van der Waals surface area contributed by atoms with Crippen molar-refractivity contribution in [3.8, 4) is 5.75 Å². The van der Waals surface area contributed by atoms with Gasteiger partial charge in [0.2, 0.25) is 0 Å². The molecule has 1 aromatic rings. The maximum Gasteiger partial charge on any atom is 0.123 e. The monoisotopic (exact) mass is 313 g/mol. The van der Waals surface area contributed by atoms with E-state index in [2.05, 4.69) is 48.1 Å². The Morgan fingerprint density at radius 3 is 2.78 bits per heavy atom. The zero-order chi connectivity index (χ0) is 13.4. The molecule has 0 fully saturated rings. The topological polar surface area (TPSA) is 21.3 Å². The Balaban J connectivity index is 2.52. The Hall–Kier alpha value is -0.540. The van der Waals surface area contributed by atoms with Crippen LogP contribution in [0, 0.1) is 5.92 Å². The van der Waals surface area contributed by atoms with E-state index in [1.54, 1.807) is 0 Å². The summed E-state index contributed by atoms with van der Waals surface area (Å²) in [7, 11) is 0. The second-order valence-corrected chi connectivity index (χ2v) is 5.83. The lowest BCUT2D eigenvalue weighted by Crippen LogP contribution is -2.13. The van der Waals surface area contributed by atoms with Gasteiger partial charge in [0.05, 0.1) is 6.61 Å². The molecule has 3 heteroatoms. The summed E-state index contributed by atoms with van der Waals surface area (Å²) in [4.78, 5) is 0. The van der Waals surface area contributed by atoms with Crippen LogP contribution >= 0.6 is 15.9 Å². The number of benzene rings is 1. The van der Waals surface area contributed by atoms with E-state index in [-0.39, 0.29) is 0 Å². The van der Waals surface area contributed by atoms with Gasteiger partial charge in [-0.15, -0.1) is 0 Å². The fourth-order valence-electron chi connectivity index (χ4n) is 1.76. The molecule has 0 radical (unpaired) electrons. The van der Waals surface area contributed by atoms with E-state index < -0.39 is 0 Å². The summed E-state index contributed by atoms with van der Waals surface area (Å²) < 4.78 is 6.98. The van der Waals surface area contributed by atoms with Crippen LogP contribution in [0.1, 0.15) is 39.2 Å². The Kier molecular flexibility index (Phi) is 7.36. The average Bonchev–Trinajstić information content (AvgIpc) is 2.33. The minimum absolute atomic E-state index is 0.750. The highest BCUT2D eigenvalue weighted by molar-refractivity contribution is 9.10. The molecule has 0 amide bonds. The van der Waals surface area contributed by atoms with Gasteiger partial charge in [0.1, 0.15) is 5.75 Å². The van der Waals surface area contributed by atoms with E-state index in [0.29, 0.717) is 0 Å². The Morgan fingerprint density at radius 2 is 2.11 bits per heavy atom.